The highest BCUT2D eigenvalue weighted by molar-refractivity contribution is 4.56. The Balaban J connectivity index is 3.28. The summed E-state index contributed by atoms with van der Waals surface area (Å²) in [5, 5.41) is 2.24. The minimum Gasteiger partial charge on any atom is -0.359 e. The Morgan fingerprint density at radius 2 is 2.22 bits per heavy atom. The molecule has 54 valence electrons. The zero-order valence-corrected chi connectivity index (χ0v) is 5.12. The molecule has 0 aliphatic carbocycles. The van der Waals surface area contributed by atoms with E-state index in [1.54, 1.807) is 0 Å². The first kappa shape index (κ1) is 8.32. The summed E-state index contributed by atoms with van der Waals surface area (Å²) in [7, 11) is 0. The smallest absolute Gasteiger partial charge is 0.155 e. The van der Waals surface area contributed by atoms with Gasteiger partial charge in [0, 0.05) is 13.0 Å². The van der Waals surface area contributed by atoms with Crippen molar-refractivity contribution in [1.82, 2.24) is 0 Å². The molecule has 0 rings (SSSR count). The van der Waals surface area contributed by atoms with Gasteiger partial charge in [0.05, 0.1) is 0 Å². The number of nitrogens with two attached hydrogens (primary N) is 2. The summed E-state index contributed by atoms with van der Waals surface area (Å²) in [5.74, 6) is 0. The molecule has 5 heteroatoms. The third-order valence-electron chi connectivity index (χ3n) is 0.944. The van der Waals surface area contributed by atoms with Crippen molar-refractivity contribution in [2.75, 3.05) is 13.1 Å². The molecule has 0 aromatic heterocycles. The van der Waals surface area contributed by atoms with Crippen molar-refractivity contribution in [3.05, 3.63) is 4.91 Å². The molecule has 0 aliphatic heterocycles. The fourth-order valence-electron chi connectivity index (χ4n) is 0.460. The Labute approximate surface area is 53.3 Å². The first-order valence-electron chi connectivity index (χ1n) is 2.73. The van der Waals surface area contributed by atoms with Crippen LogP contribution in [-0.2, 0) is 4.84 Å². The van der Waals surface area contributed by atoms with Gasteiger partial charge < -0.3 is 16.3 Å². The Bertz CT molecular complexity index is 78.2. The Hall–Kier alpha value is -0.680. The van der Waals surface area contributed by atoms with Gasteiger partial charge in [0.25, 0.3) is 0 Å². The summed E-state index contributed by atoms with van der Waals surface area (Å²) < 4.78 is 0. The monoisotopic (exact) mass is 133 g/mol. The van der Waals surface area contributed by atoms with Gasteiger partial charge in [0.2, 0.25) is 0 Å². The van der Waals surface area contributed by atoms with Gasteiger partial charge in [-0.1, -0.05) is 0 Å². The normalized spacial score (nSPS) is 12.7. The van der Waals surface area contributed by atoms with Gasteiger partial charge in [0.1, 0.15) is 6.10 Å². The van der Waals surface area contributed by atoms with Crippen molar-refractivity contribution < 1.29 is 4.84 Å². The zero-order valence-electron chi connectivity index (χ0n) is 5.12. The first-order valence-corrected chi connectivity index (χ1v) is 2.73. The Morgan fingerprint density at radius 1 is 1.56 bits per heavy atom. The van der Waals surface area contributed by atoms with Crippen molar-refractivity contribution in [3.63, 3.8) is 0 Å². The molecule has 1 atom stereocenters. The van der Waals surface area contributed by atoms with Gasteiger partial charge in [-0.25, -0.2) is 0 Å². The maximum Gasteiger partial charge on any atom is 0.155 e. The maximum atomic E-state index is 9.48. The van der Waals surface area contributed by atoms with E-state index in [9.17, 15) is 4.91 Å². The summed E-state index contributed by atoms with van der Waals surface area (Å²) in [6, 6.07) is 0. The third-order valence-corrected chi connectivity index (χ3v) is 0.944. The lowest BCUT2D eigenvalue weighted by molar-refractivity contribution is 0.0571. The SMILES string of the molecule is NCCC(CN)ON=O. The first-order chi connectivity index (χ1) is 4.35. The lowest BCUT2D eigenvalue weighted by Gasteiger charge is -2.06. The zero-order chi connectivity index (χ0) is 7.11. The number of hydrogen-bond donors (Lipinski definition) is 2. The second-order valence-electron chi connectivity index (χ2n) is 1.62. The van der Waals surface area contributed by atoms with Gasteiger partial charge >= 0.3 is 0 Å². The van der Waals surface area contributed by atoms with E-state index in [2.05, 4.69) is 10.2 Å². The van der Waals surface area contributed by atoms with Crippen LogP contribution in [0, 0.1) is 4.91 Å². The summed E-state index contributed by atoms with van der Waals surface area (Å²) >= 11 is 0. The molecule has 5 nitrogen and oxygen atoms in total. The summed E-state index contributed by atoms with van der Waals surface area (Å²) in [5.41, 5.74) is 10.3. The van der Waals surface area contributed by atoms with E-state index in [1.807, 2.05) is 0 Å². The summed E-state index contributed by atoms with van der Waals surface area (Å²) in [4.78, 5) is 13.8. The molecule has 0 radical (unpaired) electrons. The fourth-order valence-corrected chi connectivity index (χ4v) is 0.460. The fraction of sp³-hybridized carbons (Fsp3) is 1.00. The molecule has 0 aromatic rings. The van der Waals surface area contributed by atoms with Gasteiger partial charge in [-0.15, -0.1) is 4.91 Å². The van der Waals surface area contributed by atoms with Crippen LogP contribution in [0.1, 0.15) is 6.42 Å². The Morgan fingerprint density at radius 3 is 2.56 bits per heavy atom. The topological polar surface area (TPSA) is 90.7 Å². The van der Waals surface area contributed by atoms with E-state index in [4.69, 9.17) is 11.5 Å². The molecular formula is C4H11N3O2. The molecule has 0 aliphatic rings. The highest BCUT2D eigenvalue weighted by Gasteiger charge is 2.04. The standard InChI is InChI=1S/C4H11N3O2/c5-2-1-4(3-6)9-7-8/h4H,1-3,5-6H2. The predicted molar refractivity (Wildman–Crippen MR) is 33.4 cm³/mol. The van der Waals surface area contributed by atoms with Crippen LogP contribution < -0.4 is 11.5 Å². The van der Waals surface area contributed by atoms with Gasteiger partial charge in [-0.2, -0.15) is 0 Å². The van der Waals surface area contributed by atoms with Crippen molar-refractivity contribution in [1.29, 1.82) is 0 Å². The second-order valence-corrected chi connectivity index (χ2v) is 1.62. The van der Waals surface area contributed by atoms with E-state index in [-0.39, 0.29) is 12.6 Å². The maximum absolute atomic E-state index is 9.48. The largest absolute Gasteiger partial charge is 0.359 e. The van der Waals surface area contributed by atoms with E-state index in [0.717, 1.165) is 0 Å². The average molecular weight is 133 g/mol. The van der Waals surface area contributed by atoms with E-state index in [0.29, 0.717) is 13.0 Å². The number of nitrogens with zero attached hydrogens (tertiary/aromatic N) is 1. The quantitative estimate of drug-likeness (QED) is 0.385. The summed E-state index contributed by atoms with van der Waals surface area (Å²) in [6.07, 6.45) is 0.259. The molecule has 0 spiro atoms. The van der Waals surface area contributed by atoms with E-state index < -0.39 is 0 Å². The van der Waals surface area contributed by atoms with Crippen molar-refractivity contribution in [3.8, 4) is 0 Å². The van der Waals surface area contributed by atoms with Crippen LogP contribution in [0.15, 0.2) is 5.34 Å². The number of rotatable bonds is 5. The van der Waals surface area contributed by atoms with Crippen LogP contribution in [0.25, 0.3) is 0 Å². The van der Waals surface area contributed by atoms with E-state index >= 15 is 0 Å². The van der Waals surface area contributed by atoms with Crippen LogP contribution in [-0.4, -0.2) is 19.2 Å². The molecule has 0 aromatic carbocycles. The molecule has 4 N–H and O–H groups in total. The van der Waals surface area contributed by atoms with Crippen molar-refractivity contribution in [2.24, 2.45) is 16.8 Å². The van der Waals surface area contributed by atoms with E-state index in [1.165, 1.54) is 0 Å². The van der Waals surface area contributed by atoms with Crippen molar-refractivity contribution in [2.45, 2.75) is 12.5 Å². The lowest BCUT2D eigenvalue weighted by atomic mass is 10.2. The Kier molecular flexibility index (Phi) is 5.04. The van der Waals surface area contributed by atoms with Crippen LogP contribution in [0.5, 0.6) is 0 Å². The molecular weight excluding hydrogens is 122 g/mol. The number of hydrogen-bond acceptors (Lipinski definition) is 5. The molecule has 0 bridgehead atoms. The van der Waals surface area contributed by atoms with Crippen LogP contribution >= 0.6 is 0 Å². The van der Waals surface area contributed by atoms with Gasteiger partial charge in [0.15, 0.2) is 5.34 Å². The molecule has 1 unspecified atom stereocenters. The van der Waals surface area contributed by atoms with Crippen molar-refractivity contribution >= 4 is 0 Å². The lowest BCUT2D eigenvalue weighted by Crippen LogP contribution is -2.24. The molecule has 0 amide bonds. The molecule has 0 fully saturated rings. The molecule has 9 heavy (non-hydrogen) atoms. The van der Waals surface area contributed by atoms with Crippen LogP contribution in [0.2, 0.25) is 0 Å². The molecule has 0 heterocycles. The van der Waals surface area contributed by atoms with Crippen LogP contribution in [0.3, 0.4) is 0 Å². The highest BCUT2D eigenvalue weighted by Crippen LogP contribution is 1.93. The highest BCUT2D eigenvalue weighted by atomic mass is 16.7. The van der Waals surface area contributed by atoms with Gasteiger partial charge in [-0.05, 0) is 6.54 Å². The molecule has 0 saturated heterocycles. The minimum absolute atomic E-state index is 0.281. The summed E-state index contributed by atoms with van der Waals surface area (Å²) in [6.45, 7) is 0.736. The van der Waals surface area contributed by atoms with Crippen LogP contribution in [0.4, 0.5) is 0 Å². The second kappa shape index (κ2) is 5.46. The minimum atomic E-state index is -0.313. The van der Waals surface area contributed by atoms with Gasteiger partial charge in [-0.3, -0.25) is 0 Å². The average Bonchev–Trinajstić information content (AvgIpc) is 1.88. The third kappa shape index (κ3) is 3.87. The molecule has 0 saturated carbocycles. The predicted octanol–water partition coefficient (Wildman–Crippen LogP) is -0.639.